The molecule has 2 aromatic rings. The highest BCUT2D eigenvalue weighted by Crippen LogP contribution is 2.28. The van der Waals surface area contributed by atoms with Crippen molar-refractivity contribution in [1.29, 1.82) is 0 Å². The molecule has 0 radical (unpaired) electrons. The zero-order chi connectivity index (χ0) is 11.2. The van der Waals surface area contributed by atoms with Gasteiger partial charge in [0, 0.05) is 6.07 Å². The Kier molecular flexibility index (Phi) is 2.03. The van der Waals surface area contributed by atoms with Gasteiger partial charge in [-0.2, -0.15) is 0 Å². The van der Waals surface area contributed by atoms with Crippen molar-refractivity contribution in [1.82, 2.24) is 0 Å². The first-order valence-corrected chi connectivity index (χ1v) is 4.74. The molecule has 0 atom stereocenters. The van der Waals surface area contributed by atoms with Gasteiger partial charge in [-0.25, -0.2) is 0 Å². The third-order valence-corrected chi connectivity index (χ3v) is 2.47. The fraction of sp³-hybridized carbons (Fsp3) is 0.250. The third kappa shape index (κ3) is 1.40. The van der Waals surface area contributed by atoms with E-state index in [1.165, 1.54) is 6.07 Å². The minimum absolute atomic E-state index is 0.0179. The number of phenolic OH excluding ortho intramolecular Hbond substituents is 1. The molecular formula is C12H12O3. The minimum Gasteiger partial charge on any atom is -0.507 e. The topological polar surface area (TPSA) is 50.4 Å². The van der Waals surface area contributed by atoms with E-state index in [1.807, 2.05) is 6.92 Å². The fourth-order valence-corrected chi connectivity index (χ4v) is 1.77. The second-order valence-electron chi connectivity index (χ2n) is 3.78. The van der Waals surface area contributed by atoms with Crippen LogP contribution in [0.4, 0.5) is 0 Å². The number of phenols is 1. The van der Waals surface area contributed by atoms with Gasteiger partial charge in [-0.15, -0.1) is 0 Å². The second-order valence-corrected chi connectivity index (χ2v) is 3.78. The Morgan fingerprint density at radius 3 is 2.47 bits per heavy atom. The van der Waals surface area contributed by atoms with Crippen LogP contribution in [0, 0.1) is 20.8 Å². The van der Waals surface area contributed by atoms with Crippen LogP contribution in [0.5, 0.6) is 5.75 Å². The second kappa shape index (κ2) is 3.12. The van der Waals surface area contributed by atoms with Gasteiger partial charge in [0.15, 0.2) is 5.43 Å². The molecular weight excluding hydrogens is 192 g/mol. The molecule has 0 aliphatic rings. The molecule has 78 valence electrons. The molecule has 0 amide bonds. The summed E-state index contributed by atoms with van der Waals surface area (Å²) in [6, 6.07) is 3.20. The van der Waals surface area contributed by atoms with E-state index in [0.29, 0.717) is 16.9 Å². The first-order valence-electron chi connectivity index (χ1n) is 4.74. The average molecular weight is 204 g/mol. The van der Waals surface area contributed by atoms with E-state index in [4.69, 9.17) is 4.42 Å². The first kappa shape index (κ1) is 9.77. The van der Waals surface area contributed by atoms with Crippen molar-refractivity contribution < 1.29 is 9.52 Å². The quantitative estimate of drug-likeness (QED) is 0.717. The van der Waals surface area contributed by atoms with Crippen LogP contribution in [0.2, 0.25) is 0 Å². The van der Waals surface area contributed by atoms with Crippen molar-refractivity contribution in [3.8, 4) is 5.75 Å². The molecule has 1 heterocycles. The van der Waals surface area contributed by atoms with Gasteiger partial charge in [-0.3, -0.25) is 4.79 Å². The summed E-state index contributed by atoms with van der Waals surface area (Å²) in [5.74, 6) is 0.572. The van der Waals surface area contributed by atoms with Crippen molar-refractivity contribution >= 4 is 11.0 Å². The van der Waals surface area contributed by atoms with Crippen LogP contribution in [0.15, 0.2) is 21.3 Å². The van der Waals surface area contributed by atoms with Crippen LogP contribution < -0.4 is 5.43 Å². The van der Waals surface area contributed by atoms with Crippen molar-refractivity contribution in [3.63, 3.8) is 0 Å². The van der Waals surface area contributed by atoms with E-state index in [9.17, 15) is 9.90 Å². The number of fused-ring (bicyclic) bond motifs is 1. The maximum atomic E-state index is 11.7. The Labute approximate surface area is 87.0 Å². The summed E-state index contributed by atoms with van der Waals surface area (Å²) in [5, 5.41) is 10.1. The van der Waals surface area contributed by atoms with Crippen molar-refractivity contribution in [2.45, 2.75) is 20.8 Å². The first-order chi connectivity index (χ1) is 7.00. The van der Waals surface area contributed by atoms with Crippen LogP contribution in [0.25, 0.3) is 11.0 Å². The Balaban J connectivity index is 3.10. The molecule has 1 N–H and O–H groups in total. The molecule has 0 aliphatic carbocycles. The molecule has 0 spiro atoms. The smallest absolute Gasteiger partial charge is 0.196 e. The van der Waals surface area contributed by atoms with E-state index in [0.717, 1.165) is 5.56 Å². The number of aryl methyl sites for hydroxylation is 3. The predicted octanol–water partition coefficient (Wildman–Crippen LogP) is 2.42. The van der Waals surface area contributed by atoms with Crippen molar-refractivity contribution in [3.05, 3.63) is 39.2 Å². The zero-order valence-corrected chi connectivity index (χ0v) is 8.92. The summed E-state index contributed by atoms with van der Waals surface area (Å²) < 4.78 is 5.45. The molecule has 3 heteroatoms. The molecule has 1 aromatic carbocycles. The van der Waals surface area contributed by atoms with Gasteiger partial charge in [-0.05, 0) is 38.0 Å². The van der Waals surface area contributed by atoms with Gasteiger partial charge < -0.3 is 9.52 Å². The highest BCUT2D eigenvalue weighted by molar-refractivity contribution is 5.87. The molecule has 0 bridgehead atoms. The number of hydrogen-bond acceptors (Lipinski definition) is 3. The Bertz CT molecular complexity index is 594. The van der Waals surface area contributed by atoms with Crippen LogP contribution in [-0.4, -0.2) is 5.11 Å². The van der Waals surface area contributed by atoms with Gasteiger partial charge in [-0.1, -0.05) is 0 Å². The summed E-state index contributed by atoms with van der Waals surface area (Å²) >= 11 is 0. The summed E-state index contributed by atoms with van der Waals surface area (Å²) in [7, 11) is 0. The molecule has 0 saturated heterocycles. The monoisotopic (exact) mass is 204 g/mol. The van der Waals surface area contributed by atoms with E-state index in [2.05, 4.69) is 0 Å². The summed E-state index contributed by atoms with van der Waals surface area (Å²) in [6.07, 6.45) is 0. The van der Waals surface area contributed by atoms with Crippen LogP contribution in [0.3, 0.4) is 0 Å². The normalized spacial score (nSPS) is 10.9. The molecule has 3 nitrogen and oxygen atoms in total. The number of rotatable bonds is 0. The van der Waals surface area contributed by atoms with Crippen molar-refractivity contribution in [2.24, 2.45) is 0 Å². The average Bonchev–Trinajstić information content (AvgIpc) is 2.13. The largest absolute Gasteiger partial charge is 0.507 e. The van der Waals surface area contributed by atoms with Gasteiger partial charge in [0.2, 0.25) is 0 Å². The maximum absolute atomic E-state index is 11.7. The van der Waals surface area contributed by atoms with Gasteiger partial charge >= 0.3 is 0 Å². The maximum Gasteiger partial charge on any atom is 0.196 e. The molecule has 0 fully saturated rings. The van der Waals surface area contributed by atoms with E-state index in [1.54, 1.807) is 19.9 Å². The number of aromatic hydroxyl groups is 1. The highest BCUT2D eigenvalue weighted by Gasteiger charge is 2.12. The SMILES string of the molecule is Cc1cc(=O)c2c(O)c(C)cc(C)c2o1. The lowest BCUT2D eigenvalue weighted by Crippen LogP contribution is -2.02. The van der Waals surface area contributed by atoms with Gasteiger partial charge in [0.05, 0.1) is 0 Å². The van der Waals surface area contributed by atoms with Crippen LogP contribution >= 0.6 is 0 Å². The lowest BCUT2D eigenvalue weighted by Gasteiger charge is -2.06. The standard InChI is InChI=1S/C12H12O3/c1-6-4-7(2)12-10(11(6)14)9(13)5-8(3)15-12/h4-5,14H,1-3H3. The van der Waals surface area contributed by atoms with Crippen molar-refractivity contribution in [2.75, 3.05) is 0 Å². The number of benzene rings is 1. The fourth-order valence-electron chi connectivity index (χ4n) is 1.77. The summed E-state index contributed by atoms with van der Waals surface area (Å²) in [6.45, 7) is 5.34. The molecule has 1 aromatic heterocycles. The zero-order valence-electron chi connectivity index (χ0n) is 8.92. The molecule has 15 heavy (non-hydrogen) atoms. The van der Waals surface area contributed by atoms with Gasteiger partial charge in [0.25, 0.3) is 0 Å². The Morgan fingerprint density at radius 1 is 1.13 bits per heavy atom. The van der Waals surface area contributed by atoms with E-state index in [-0.39, 0.29) is 16.6 Å². The summed E-state index contributed by atoms with van der Waals surface area (Å²) in [4.78, 5) is 11.7. The van der Waals surface area contributed by atoms with Crippen LogP contribution in [0.1, 0.15) is 16.9 Å². The lowest BCUT2D eigenvalue weighted by atomic mass is 10.1. The Morgan fingerprint density at radius 2 is 1.80 bits per heavy atom. The highest BCUT2D eigenvalue weighted by atomic mass is 16.3. The molecule has 0 unspecified atom stereocenters. The van der Waals surface area contributed by atoms with E-state index >= 15 is 0 Å². The Hall–Kier alpha value is -1.77. The van der Waals surface area contributed by atoms with E-state index < -0.39 is 0 Å². The molecule has 2 rings (SSSR count). The predicted molar refractivity (Wildman–Crippen MR) is 58.4 cm³/mol. The molecule has 0 aliphatic heterocycles. The van der Waals surface area contributed by atoms with Gasteiger partial charge in [0.1, 0.15) is 22.5 Å². The lowest BCUT2D eigenvalue weighted by molar-refractivity contribution is 0.474. The minimum atomic E-state index is -0.196. The third-order valence-electron chi connectivity index (χ3n) is 2.47. The summed E-state index contributed by atoms with van der Waals surface area (Å²) in [5.41, 5.74) is 1.83. The molecule has 0 saturated carbocycles. The van der Waals surface area contributed by atoms with Crippen LogP contribution in [-0.2, 0) is 0 Å². The number of hydrogen-bond donors (Lipinski definition) is 1.